The molecule has 0 aliphatic carbocycles. The number of rotatable bonds is 3. The van der Waals surface area contributed by atoms with Gasteiger partial charge in [-0.1, -0.05) is 35.5 Å². The van der Waals surface area contributed by atoms with Crippen LogP contribution >= 0.6 is 23.4 Å². The minimum Gasteiger partial charge on any atom is -0.266 e. The van der Waals surface area contributed by atoms with Gasteiger partial charge in [0.1, 0.15) is 5.15 Å². The summed E-state index contributed by atoms with van der Waals surface area (Å²) in [7, 11) is -2.84. The smallest absolute Gasteiger partial charge is 0.266 e. The van der Waals surface area contributed by atoms with E-state index in [0.29, 0.717) is 21.3 Å². The fourth-order valence-corrected chi connectivity index (χ4v) is 4.75. The lowest BCUT2D eigenvalue weighted by Gasteiger charge is -2.07. The van der Waals surface area contributed by atoms with Crippen LogP contribution in [0.2, 0.25) is 5.15 Å². The Morgan fingerprint density at radius 3 is 2.81 bits per heavy atom. The molecule has 1 amide bonds. The van der Waals surface area contributed by atoms with E-state index in [1.165, 1.54) is 11.8 Å². The van der Waals surface area contributed by atoms with Crippen LogP contribution < -0.4 is 0 Å². The predicted molar refractivity (Wildman–Crippen MR) is 82.1 cm³/mol. The van der Waals surface area contributed by atoms with Gasteiger partial charge in [-0.05, 0) is 24.5 Å². The Hall–Kier alpha value is -1.44. The van der Waals surface area contributed by atoms with Gasteiger partial charge in [0.2, 0.25) is 0 Å². The van der Waals surface area contributed by atoms with E-state index in [-0.39, 0.29) is 10.9 Å². The van der Waals surface area contributed by atoms with Crippen LogP contribution in [0.4, 0.5) is 0 Å². The fraction of sp³-hybridized carbons (Fsp3) is 0.154. The first-order valence-corrected chi connectivity index (χ1v) is 9.26. The van der Waals surface area contributed by atoms with Crippen molar-refractivity contribution in [1.29, 1.82) is 0 Å². The van der Waals surface area contributed by atoms with E-state index in [1.807, 2.05) is 6.26 Å². The second-order valence-corrected chi connectivity index (χ2v) is 7.70. The Morgan fingerprint density at radius 1 is 1.29 bits per heavy atom. The molecule has 1 atom stereocenters. The quantitative estimate of drug-likeness (QED) is 0.488. The molecule has 2 heterocycles. The van der Waals surface area contributed by atoms with Gasteiger partial charge in [-0.3, -0.25) is 4.79 Å². The van der Waals surface area contributed by atoms with E-state index in [9.17, 15) is 9.00 Å². The molecule has 5 nitrogen and oxygen atoms in total. The zero-order valence-electron chi connectivity index (χ0n) is 10.9. The lowest BCUT2D eigenvalue weighted by atomic mass is 10.2. The monoisotopic (exact) mass is 339 g/mol. The summed E-state index contributed by atoms with van der Waals surface area (Å²) < 4.78 is 16.8. The summed E-state index contributed by atoms with van der Waals surface area (Å²) in [5, 5.41) is 0.781. The van der Waals surface area contributed by atoms with Crippen LogP contribution in [0.5, 0.6) is 0 Å². The molecule has 0 saturated heterocycles. The highest BCUT2D eigenvalue weighted by Crippen LogP contribution is 2.29. The first-order chi connectivity index (χ1) is 10.0. The van der Waals surface area contributed by atoms with E-state index in [4.69, 9.17) is 11.6 Å². The Labute approximate surface area is 131 Å². The topological polar surface area (TPSA) is 72.3 Å². The summed E-state index contributed by atoms with van der Waals surface area (Å²) in [4.78, 5) is 20.6. The van der Waals surface area contributed by atoms with Crippen LogP contribution in [0.15, 0.2) is 44.7 Å². The minimum atomic E-state index is -2.84. The summed E-state index contributed by atoms with van der Waals surface area (Å²) in [6.07, 6.45) is 1.83. The first-order valence-electron chi connectivity index (χ1n) is 5.97. The van der Waals surface area contributed by atoms with Crippen molar-refractivity contribution in [2.24, 2.45) is 4.36 Å². The fourth-order valence-electron chi connectivity index (χ4n) is 2.07. The molecule has 0 bridgehead atoms. The zero-order chi connectivity index (χ0) is 15.0. The number of thioether (sulfide) groups is 1. The van der Waals surface area contributed by atoms with Gasteiger partial charge >= 0.3 is 0 Å². The van der Waals surface area contributed by atoms with Crippen molar-refractivity contribution < 1.29 is 9.00 Å². The number of aromatic nitrogens is 2. The van der Waals surface area contributed by atoms with Crippen LogP contribution in [0.1, 0.15) is 16.1 Å². The van der Waals surface area contributed by atoms with Crippen LogP contribution in [0.25, 0.3) is 0 Å². The summed E-state index contributed by atoms with van der Waals surface area (Å²) in [5.74, 6) is -0.396. The molecule has 21 heavy (non-hydrogen) atoms. The largest absolute Gasteiger partial charge is 0.286 e. The number of nitrogens with zero attached hydrogens (tertiary/aromatic N) is 3. The second-order valence-electron chi connectivity index (χ2n) is 4.35. The Kier molecular flexibility index (Phi) is 3.73. The SMILES string of the molecule is CSc1nc(Cl)cc(CS2(=O)=NC(=O)c3ccccc32)n1. The maximum Gasteiger partial charge on any atom is 0.286 e. The van der Waals surface area contributed by atoms with Crippen LogP contribution in [0.3, 0.4) is 0 Å². The van der Waals surface area contributed by atoms with Gasteiger partial charge in [-0.2, -0.15) is 4.36 Å². The zero-order valence-corrected chi connectivity index (χ0v) is 13.3. The van der Waals surface area contributed by atoms with Crippen molar-refractivity contribution in [3.63, 3.8) is 0 Å². The van der Waals surface area contributed by atoms with Crippen molar-refractivity contribution in [3.05, 3.63) is 46.7 Å². The molecule has 1 aliphatic rings. The third-order valence-electron chi connectivity index (χ3n) is 2.94. The third-order valence-corrected chi connectivity index (χ3v) is 5.88. The predicted octanol–water partition coefficient (Wildman–Crippen LogP) is 3.03. The highest BCUT2D eigenvalue weighted by Gasteiger charge is 2.29. The van der Waals surface area contributed by atoms with Crippen molar-refractivity contribution >= 4 is 39.0 Å². The van der Waals surface area contributed by atoms with Gasteiger partial charge in [0, 0.05) is 0 Å². The van der Waals surface area contributed by atoms with Gasteiger partial charge in [0.05, 0.1) is 31.6 Å². The van der Waals surface area contributed by atoms with Gasteiger partial charge in [0.15, 0.2) is 5.16 Å². The molecule has 0 spiro atoms. The molecular formula is C13H10ClN3O2S2. The number of amides is 1. The first kappa shape index (κ1) is 14.5. The Balaban J connectivity index is 2.07. The highest BCUT2D eigenvalue weighted by atomic mass is 35.5. The molecule has 3 rings (SSSR count). The van der Waals surface area contributed by atoms with E-state index >= 15 is 0 Å². The van der Waals surface area contributed by atoms with Gasteiger partial charge in [0.25, 0.3) is 5.91 Å². The van der Waals surface area contributed by atoms with Crippen molar-refractivity contribution in [2.75, 3.05) is 6.26 Å². The lowest BCUT2D eigenvalue weighted by Crippen LogP contribution is -2.05. The lowest BCUT2D eigenvalue weighted by molar-refractivity contribution is 0.101. The van der Waals surface area contributed by atoms with Crippen LogP contribution in [-0.4, -0.2) is 26.3 Å². The van der Waals surface area contributed by atoms with Gasteiger partial charge < -0.3 is 0 Å². The molecular weight excluding hydrogens is 330 g/mol. The van der Waals surface area contributed by atoms with Gasteiger partial charge in [-0.25, -0.2) is 14.2 Å². The number of halogens is 1. The number of hydrogen-bond donors (Lipinski definition) is 0. The normalized spacial score (nSPS) is 20.2. The average Bonchev–Trinajstić information content (AvgIpc) is 2.70. The molecule has 1 aliphatic heterocycles. The maximum atomic E-state index is 13.0. The number of carbonyl (C=O) groups is 1. The molecule has 1 aromatic carbocycles. The van der Waals surface area contributed by atoms with Gasteiger partial charge in [-0.15, -0.1) is 0 Å². The molecule has 0 N–H and O–H groups in total. The molecule has 1 unspecified atom stereocenters. The second kappa shape index (κ2) is 5.40. The van der Waals surface area contributed by atoms with E-state index in [2.05, 4.69) is 14.3 Å². The van der Waals surface area contributed by atoms with Crippen molar-refractivity contribution in [3.8, 4) is 0 Å². The van der Waals surface area contributed by atoms with E-state index < -0.39 is 15.6 Å². The van der Waals surface area contributed by atoms with E-state index in [1.54, 1.807) is 30.3 Å². The van der Waals surface area contributed by atoms with Crippen LogP contribution in [-0.2, 0) is 15.5 Å². The summed E-state index contributed by atoms with van der Waals surface area (Å²) in [6.45, 7) is 0. The summed E-state index contributed by atoms with van der Waals surface area (Å²) in [6, 6.07) is 8.32. The highest BCUT2D eigenvalue weighted by molar-refractivity contribution is 7.98. The third kappa shape index (κ3) is 2.68. The standard InChI is InChI=1S/C13H10ClN3O2S2/c1-20-13-15-8(6-11(14)16-13)7-21(19)10-5-3-2-4-9(10)12(18)17-21/h2-6H,7H2,1H3. The van der Waals surface area contributed by atoms with Crippen molar-refractivity contribution in [2.45, 2.75) is 15.8 Å². The molecule has 0 saturated carbocycles. The number of fused-ring (bicyclic) bond motifs is 1. The summed E-state index contributed by atoms with van der Waals surface area (Å²) >= 11 is 7.28. The minimum absolute atomic E-state index is 0.0472. The molecule has 108 valence electrons. The number of benzene rings is 1. The molecule has 0 radical (unpaired) electrons. The summed E-state index contributed by atoms with van der Waals surface area (Å²) in [5.41, 5.74) is 0.908. The molecule has 2 aromatic rings. The average molecular weight is 340 g/mol. The number of carbonyl (C=O) groups excluding carboxylic acids is 1. The Morgan fingerprint density at radius 2 is 2.05 bits per heavy atom. The molecule has 1 aromatic heterocycles. The molecule has 0 fully saturated rings. The van der Waals surface area contributed by atoms with Crippen molar-refractivity contribution in [1.82, 2.24) is 9.97 Å². The number of hydrogen-bond acceptors (Lipinski definition) is 5. The van der Waals surface area contributed by atoms with E-state index in [0.717, 1.165) is 0 Å². The van der Waals surface area contributed by atoms with Crippen LogP contribution in [0, 0.1) is 0 Å². The Bertz CT molecular complexity index is 860. The maximum absolute atomic E-state index is 13.0. The molecule has 8 heteroatoms.